The molecular weight excluding hydrogens is 180 g/mol. The van der Waals surface area contributed by atoms with Crippen molar-refractivity contribution in [3.8, 4) is 0 Å². The Kier molecular flexibility index (Phi) is 2.19. The van der Waals surface area contributed by atoms with Gasteiger partial charge in [-0.2, -0.15) is 0 Å². The standard InChI is InChI=1S/C10H12N2O2/c1-6-5-11-9(7-3-4-7)12-8(6)10(13)14-2/h5,7H,3-4H2,1-2H3. The molecule has 1 fully saturated rings. The average molecular weight is 192 g/mol. The summed E-state index contributed by atoms with van der Waals surface area (Å²) in [4.78, 5) is 19.7. The number of nitrogens with zero attached hydrogens (tertiary/aromatic N) is 2. The first-order valence-corrected chi connectivity index (χ1v) is 4.64. The Balaban J connectivity index is 2.36. The first-order valence-electron chi connectivity index (χ1n) is 4.64. The Hall–Kier alpha value is -1.45. The Labute approximate surface area is 82.3 Å². The van der Waals surface area contributed by atoms with Gasteiger partial charge in [-0.05, 0) is 19.8 Å². The molecule has 1 saturated carbocycles. The van der Waals surface area contributed by atoms with Gasteiger partial charge in [0.15, 0.2) is 5.69 Å². The average Bonchev–Trinajstić information content (AvgIpc) is 3.01. The third-order valence-corrected chi connectivity index (χ3v) is 2.31. The van der Waals surface area contributed by atoms with Gasteiger partial charge in [0.2, 0.25) is 0 Å². The molecule has 0 unspecified atom stereocenters. The maximum Gasteiger partial charge on any atom is 0.357 e. The lowest BCUT2D eigenvalue weighted by Gasteiger charge is -2.03. The molecule has 0 bridgehead atoms. The molecule has 1 heterocycles. The molecule has 14 heavy (non-hydrogen) atoms. The number of carbonyl (C=O) groups excluding carboxylic acids is 1. The topological polar surface area (TPSA) is 52.1 Å². The largest absolute Gasteiger partial charge is 0.464 e. The van der Waals surface area contributed by atoms with Gasteiger partial charge in [-0.25, -0.2) is 14.8 Å². The van der Waals surface area contributed by atoms with Crippen molar-refractivity contribution in [1.29, 1.82) is 0 Å². The fourth-order valence-electron chi connectivity index (χ4n) is 1.30. The summed E-state index contributed by atoms with van der Waals surface area (Å²) < 4.78 is 4.64. The molecule has 0 saturated heterocycles. The van der Waals surface area contributed by atoms with E-state index in [1.165, 1.54) is 7.11 Å². The molecular formula is C10H12N2O2. The smallest absolute Gasteiger partial charge is 0.357 e. The highest BCUT2D eigenvalue weighted by atomic mass is 16.5. The summed E-state index contributed by atoms with van der Waals surface area (Å²) in [6.07, 6.45) is 3.94. The van der Waals surface area contributed by atoms with Gasteiger partial charge in [0.1, 0.15) is 5.82 Å². The summed E-state index contributed by atoms with van der Waals surface area (Å²) >= 11 is 0. The van der Waals surface area contributed by atoms with Crippen LogP contribution in [0.15, 0.2) is 6.20 Å². The molecule has 0 N–H and O–H groups in total. The van der Waals surface area contributed by atoms with Crippen LogP contribution < -0.4 is 0 Å². The lowest BCUT2D eigenvalue weighted by Crippen LogP contribution is -2.09. The molecule has 0 amide bonds. The predicted molar refractivity (Wildman–Crippen MR) is 50.1 cm³/mol. The Morgan fingerprint density at radius 1 is 1.57 bits per heavy atom. The highest BCUT2D eigenvalue weighted by Gasteiger charge is 2.27. The van der Waals surface area contributed by atoms with E-state index in [0.29, 0.717) is 11.6 Å². The number of esters is 1. The zero-order chi connectivity index (χ0) is 10.1. The van der Waals surface area contributed by atoms with E-state index in [4.69, 9.17) is 0 Å². The minimum Gasteiger partial charge on any atom is -0.464 e. The third kappa shape index (κ3) is 1.60. The molecule has 0 radical (unpaired) electrons. The molecule has 1 aromatic rings. The summed E-state index contributed by atoms with van der Waals surface area (Å²) in [6.45, 7) is 1.81. The van der Waals surface area contributed by atoms with Crippen LogP contribution in [-0.2, 0) is 4.74 Å². The first-order chi connectivity index (χ1) is 6.72. The lowest BCUT2D eigenvalue weighted by molar-refractivity contribution is 0.0592. The van der Waals surface area contributed by atoms with Crippen LogP contribution in [-0.4, -0.2) is 23.0 Å². The molecule has 2 rings (SSSR count). The summed E-state index contributed by atoms with van der Waals surface area (Å²) in [7, 11) is 1.36. The minimum atomic E-state index is -0.383. The second-order valence-corrected chi connectivity index (χ2v) is 3.53. The van der Waals surface area contributed by atoms with Crippen molar-refractivity contribution in [2.45, 2.75) is 25.7 Å². The van der Waals surface area contributed by atoms with Crippen LogP contribution in [0.25, 0.3) is 0 Å². The van der Waals surface area contributed by atoms with Crippen molar-refractivity contribution >= 4 is 5.97 Å². The van der Waals surface area contributed by atoms with Crippen LogP contribution in [0.4, 0.5) is 0 Å². The van der Waals surface area contributed by atoms with Gasteiger partial charge in [0.25, 0.3) is 0 Å². The molecule has 1 aliphatic carbocycles. The van der Waals surface area contributed by atoms with Crippen molar-refractivity contribution < 1.29 is 9.53 Å². The Morgan fingerprint density at radius 3 is 2.86 bits per heavy atom. The van der Waals surface area contributed by atoms with Crippen molar-refractivity contribution in [2.24, 2.45) is 0 Å². The molecule has 4 nitrogen and oxygen atoms in total. The van der Waals surface area contributed by atoms with Crippen molar-refractivity contribution in [2.75, 3.05) is 7.11 Å². The second-order valence-electron chi connectivity index (χ2n) is 3.53. The SMILES string of the molecule is COC(=O)c1nc(C2CC2)ncc1C. The van der Waals surface area contributed by atoms with Crippen LogP contribution >= 0.6 is 0 Å². The molecule has 0 aromatic carbocycles. The van der Waals surface area contributed by atoms with Gasteiger partial charge in [0, 0.05) is 17.7 Å². The van der Waals surface area contributed by atoms with E-state index in [9.17, 15) is 4.79 Å². The maximum absolute atomic E-state index is 11.3. The summed E-state index contributed by atoms with van der Waals surface area (Å²) in [6, 6.07) is 0. The zero-order valence-corrected chi connectivity index (χ0v) is 8.28. The number of ether oxygens (including phenoxy) is 1. The number of methoxy groups -OCH3 is 1. The van der Waals surface area contributed by atoms with E-state index in [2.05, 4.69) is 14.7 Å². The molecule has 1 aromatic heterocycles. The fourth-order valence-corrected chi connectivity index (χ4v) is 1.30. The molecule has 4 heteroatoms. The highest BCUT2D eigenvalue weighted by Crippen LogP contribution is 2.37. The van der Waals surface area contributed by atoms with Crippen molar-refractivity contribution in [3.05, 3.63) is 23.3 Å². The first kappa shape index (κ1) is 9.12. The Morgan fingerprint density at radius 2 is 2.29 bits per heavy atom. The molecule has 0 spiro atoms. The van der Waals surface area contributed by atoms with Crippen LogP contribution in [0.3, 0.4) is 0 Å². The summed E-state index contributed by atoms with van der Waals surface area (Å²) in [5.41, 5.74) is 1.16. The van der Waals surface area contributed by atoms with Crippen molar-refractivity contribution in [3.63, 3.8) is 0 Å². The second kappa shape index (κ2) is 3.36. The maximum atomic E-state index is 11.3. The normalized spacial score (nSPS) is 15.3. The number of hydrogen-bond donors (Lipinski definition) is 0. The zero-order valence-electron chi connectivity index (χ0n) is 8.28. The van der Waals surface area contributed by atoms with Crippen LogP contribution in [0.2, 0.25) is 0 Å². The summed E-state index contributed by atoms with van der Waals surface area (Å²) in [5.74, 6) is 0.849. The minimum absolute atomic E-state index is 0.383. The van der Waals surface area contributed by atoms with E-state index >= 15 is 0 Å². The van der Waals surface area contributed by atoms with E-state index in [1.54, 1.807) is 6.20 Å². The van der Waals surface area contributed by atoms with E-state index in [0.717, 1.165) is 24.2 Å². The predicted octanol–water partition coefficient (Wildman–Crippen LogP) is 1.45. The van der Waals surface area contributed by atoms with Gasteiger partial charge in [-0.15, -0.1) is 0 Å². The lowest BCUT2D eigenvalue weighted by atomic mass is 10.2. The third-order valence-electron chi connectivity index (χ3n) is 2.31. The quantitative estimate of drug-likeness (QED) is 0.665. The number of hydrogen-bond acceptors (Lipinski definition) is 4. The van der Waals surface area contributed by atoms with Crippen LogP contribution in [0, 0.1) is 6.92 Å². The van der Waals surface area contributed by atoms with E-state index in [1.807, 2.05) is 6.92 Å². The van der Waals surface area contributed by atoms with Gasteiger partial charge < -0.3 is 4.74 Å². The van der Waals surface area contributed by atoms with Crippen LogP contribution in [0.1, 0.15) is 40.6 Å². The van der Waals surface area contributed by atoms with E-state index in [-0.39, 0.29) is 5.97 Å². The van der Waals surface area contributed by atoms with Gasteiger partial charge in [-0.3, -0.25) is 0 Å². The highest BCUT2D eigenvalue weighted by molar-refractivity contribution is 5.88. The molecule has 74 valence electrons. The number of rotatable bonds is 2. The fraction of sp³-hybridized carbons (Fsp3) is 0.500. The Bertz CT molecular complexity index is 372. The number of aromatic nitrogens is 2. The number of carbonyl (C=O) groups is 1. The molecule has 0 atom stereocenters. The molecule has 0 aliphatic heterocycles. The number of aryl methyl sites for hydroxylation is 1. The monoisotopic (exact) mass is 192 g/mol. The van der Waals surface area contributed by atoms with Gasteiger partial charge >= 0.3 is 5.97 Å². The summed E-state index contributed by atoms with van der Waals surface area (Å²) in [5, 5.41) is 0. The van der Waals surface area contributed by atoms with Gasteiger partial charge in [-0.1, -0.05) is 0 Å². The van der Waals surface area contributed by atoms with Crippen molar-refractivity contribution in [1.82, 2.24) is 9.97 Å². The van der Waals surface area contributed by atoms with E-state index < -0.39 is 0 Å². The van der Waals surface area contributed by atoms with Gasteiger partial charge in [0.05, 0.1) is 7.11 Å². The van der Waals surface area contributed by atoms with Crippen LogP contribution in [0.5, 0.6) is 0 Å². The molecule has 1 aliphatic rings.